The lowest BCUT2D eigenvalue weighted by Crippen LogP contribution is -2.44. The van der Waals surface area contributed by atoms with Crippen LogP contribution in [0.15, 0.2) is 12.7 Å². The molecule has 1 heterocycles. The summed E-state index contributed by atoms with van der Waals surface area (Å²) in [4.78, 5) is 15.3. The molecule has 102 valence electrons. The largest absolute Gasteiger partial charge is 0.391 e. The summed E-state index contributed by atoms with van der Waals surface area (Å²) in [7, 11) is 0. The van der Waals surface area contributed by atoms with Crippen LogP contribution in [-0.2, 0) is 6.54 Å². The summed E-state index contributed by atoms with van der Waals surface area (Å²) >= 11 is 0. The number of carbonyl (C=O) groups excluding carboxylic acids is 1. The maximum Gasteiger partial charge on any atom is 0.315 e. The molecule has 0 radical (unpaired) electrons. The summed E-state index contributed by atoms with van der Waals surface area (Å²) in [6.45, 7) is 4.70. The topological polar surface area (TPSA) is 92.1 Å². The number of carbonyl (C=O) groups is 1. The zero-order valence-electron chi connectivity index (χ0n) is 10.8. The molecule has 2 unspecified atom stereocenters. The number of amides is 2. The van der Waals surface area contributed by atoms with E-state index in [1.165, 1.54) is 6.33 Å². The predicted molar refractivity (Wildman–Crippen MR) is 66.9 cm³/mol. The molecule has 0 aromatic carbocycles. The molecule has 0 bridgehead atoms. The number of hydrogen-bond acceptors (Lipinski definition) is 4. The fourth-order valence-electron chi connectivity index (χ4n) is 1.57. The van der Waals surface area contributed by atoms with E-state index in [0.717, 1.165) is 6.42 Å². The molecule has 1 aromatic rings. The van der Waals surface area contributed by atoms with Gasteiger partial charge >= 0.3 is 6.03 Å². The third kappa shape index (κ3) is 5.62. The van der Waals surface area contributed by atoms with E-state index in [1.54, 1.807) is 11.0 Å². The highest BCUT2D eigenvalue weighted by molar-refractivity contribution is 5.74. The van der Waals surface area contributed by atoms with Crippen LogP contribution in [0.2, 0.25) is 0 Å². The Bertz CT molecular complexity index is 341. The summed E-state index contributed by atoms with van der Waals surface area (Å²) in [5.41, 5.74) is 0. The monoisotopic (exact) mass is 255 g/mol. The minimum Gasteiger partial charge on any atom is -0.391 e. The molecule has 3 N–H and O–H groups in total. The van der Waals surface area contributed by atoms with Gasteiger partial charge in [-0.2, -0.15) is 5.10 Å². The van der Waals surface area contributed by atoms with E-state index in [1.807, 2.05) is 13.8 Å². The van der Waals surface area contributed by atoms with Gasteiger partial charge in [-0.15, -0.1) is 0 Å². The van der Waals surface area contributed by atoms with Crippen molar-refractivity contribution in [2.45, 2.75) is 45.4 Å². The van der Waals surface area contributed by atoms with Crippen LogP contribution in [0.25, 0.3) is 0 Å². The van der Waals surface area contributed by atoms with E-state index in [-0.39, 0.29) is 18.6 Å². The lowest BCUT2D eigenvalue weighted by Gasteiger charge is -2.16. The fraction of sp³-hybridized carbons (Fsp3) is 0.727. The van der Waals surface area contributed by atoms with Crippen molar-refractivity contribution in [3.8, 4) is 0 Å². The average Bonchev–Trinajstić information content (AvgIpc) is 2.79. The Morgan fingerprint density at radius 2 is 2.33 bits per heavy atom. The van der Waals surface area contributed by atoms with Crippen molar-refractivity contribution < 1.29 is 9.90 Å². The molecule has 7 heteroatoms. The van der Waals surface area contributed by atoms with Crippen molar-refractivity contribution in [3.63, 3.8) is 0 Å². The van der Waals surface area contributed by atoms with Crippen LogP contribution >= 0.6 is 0 Å². The van der Waals surface area contributed by atoms with Gasteiger partial charge in [0.05, 0.1) is 12.6 Å². The van der Waals surface area contributed by atoms with E-state index >= 15 is 0 Å². The summed E-state index contributed by atoms with van der Waals surface area (Å²) < 4.78 is 1.65. The number of nitrogens with one attached hydrogen (secondary N) is 2. The molecule has 1 aromatic heterocycles. The maximum absolute atomic E-state index is 11.5. The van der Waals surface area contributed by atoms with Crippen LogP contribution in [0.3, 0.4) is 0 Å². The molecule has 0 aliphatic carbocycles. The number of aliphatic hydroxyl groups excluding tert-OH is 1. The van der Waals surface area contributed by atoms with Crippen LogP contribution in [0.4, 0.5) is 4.79 Å². The number of aromatic nitrogens is 3. The standard InChI is InChI=1S/C11H21N5O2/c1-3-4-10(17)5-13-11(18)15-9(2)6-16-8-12-7-14-16/h7-10,17H,3-6H2,1-2H3,(H2,13,15,18). The van der Waals surface area contributed by atoms with Gasteiger partial charge in [0.2, 0.25) is 0 Å². The zero-order valence-corrected chi connectivity index (χ0v) is 10.8. The Morgan fingerprint density at radius 3 is 2.94 bits per heavy atom. The van der Waals surface area contributed by atoms with Gasteiger partial charge in [0.15, 0.2) is 0 Å². The minimum absolute atomic E-state index is 0.0602. The van der Waals surface area contributed by atoms with Gasteiger partial charge < -0.3 is 15.7 Å². The van der Waals surface area contributed by atoms with Crippen molar-refractivity contribution >= 4 is 6.03 Å². The number of hydrogen-bond donors (Lipinski definition) is 3. The normalized spacial score (nSPS) is 13.9. The van der Waals surface area contributed by atoms with Crippen LogP contribution in [0.1, 0.15) is 26.7 Å². The molecule has 0 saturated heterocycles. The van der Waals surface area contributed by atoms with Gasteiger partial charge in [-0.05, 0) is 13.3 Å². The first kappa shape index (κ1) is 14.4. The van der Waals surface area contributed by atoms with Crippen LogP contribution in [-0.4, -0.2) is 44.6 Å². The molecule has 0 saturated carbocycles. The highest BCUT2D eigenvalue weighted by Gasteiger charge is 2.09. The highest BCUT2D eigenvalue weighted by atomic mass is 16.3. The molecular weight excluding hydrogens is 234 g/mol. The van der Waals surface area contributed by atoms with Gasteiger partial charge in [0.1, 0.15) is 12.7 Å². The average molecular weight is 255 g/mol. The van der Waals surface area contributed by atoms with Crippen LogP contribution in [0, 0.1) is 0 Å². The Balaban J connectivity index is 2.19. The van der Waals surface area contributed by atoms with Crippen LogP contribution in [0.5, 0.6) is 0 Å². The van der Waals surface area contributed by atoms with Gasteiger partial charge in [-0.3, -0.25) is 4.68 Å². The molecule has 7 nitrogen and oxygen atoms in total. The predicted octanol–water partition coefficient (Wildman–Crippen LogP) is 0.127. The Kier molecular flexibility index (Phi) is 6.13. The molecule has 18 heavy (non-hydrogen) atoms. The molecular formula is C11H21N5O2. The first-order valence-corrected chi connectivity index (χ1v) is 6.16. The van der Waals surface area contributed by atoms with E-state index < -0.39 is 6.10 Å². The number of aliphatic hydroxyl groups is 1. The maximum atomic E-state index is 11.5. The lowest BCUT2D eigenvalue weighted by molar-refractivity contribution is 0.160. The van der Waals surface area contributed by atoms with E-state index in [2.05, 4.69) is 20.7 Å². The first-order valence-electron chi connectivity index (χ1n) is 6.16. The smallest absolute Gasteiger partial charge is 0.315 e. The summed E-state index contributed by atoms with van der Waals surface area (Å²) in [5.74, 6) is 0. The zero-order chi connectivity index (χ0) is 13.4. The number of urea groups is 1. The van der Waals surface area contributed by atoms with Gasteiger partial charge in [-0.25, -0.2) is 9.78 Å². The van der Waals surface area contributed by atoms with Crippen molar-refractivity contribution in [2.75, 3.05) is 6.54 Å². The highest BCUT2D eigenvalue weighted by Crippen LogP contribution is 1.94. The molecule has 2 amide bonds. The molecule has 0 aliphatic rings. The minimum atomic E-state index is -0.480. The Hall–Kier alpha value is -1.63. The van der Waals surface area contributed by atoms with Crippen LogP contribution < -0.4 is 10.6 Å². The SMILES string of the molecule is CCCC(O)CNC(=O)NC(C)Cn1cncn1. The third-order valence-electron chi connectivity index (χ3n) is 2.43. The molecule has 0 aliphatic heterocycles. The first-order chi connectivity index (χ1) is 8.61. The lowest BCUT2D eigenvalue weighted by atomic mass is 10.2. The van der Waals surface area contributed by atoms with E-state index in [9.17, 15) is 9.90 Å². The van der Waals surface area contributed by atoms with Gasteiger partial charge in [0.25, 0.3) is 0 Å². The second kappa shape index (κ2) is 7.65. The molecule has 0 fully saturated rings. The summed E-state index contributed by atoms with van der Waals surface area (Å²) in [5, 5.41) is 18.8. The number of nitrogens with zero attached hydrogens (tertiary/aromatic N) is 3. The van der Waals surface area contributed by atoms with Crippen molar-refractivity contribution in [1.82, 2.24) is 25.4 Å². The van der Waals surface area contributed by atoms with Gasteiger partial charge in [0, 0.05) is 12.6 Å². The summed E-state index contributed by atoms with van der Waals surface area (Å²) in [6.07, 6.45) is 4.16. The van der Waals surface area contributed by atoms with Crippen molar-refractivity contribution in [1.29, 1.82) is 0 Å². The number of rotatable bonds is 7. The Labute approximate surface area is 107 Å². The third-order valence-corrected chi connectivity index (χ3v) is 2.43. The van der Waals surface area contributed by atoms with Crippen molar-refractivity contribution in [2.24, 2.45) is 0 Å². The molecule has 1 rings (SSSR count). The second-order valence-corrected chi connectivity index (χ2v) is 4.32. The summed E-state index contributed by atoms with van der Waals surface area (Å²) in [6, 6.07) is -0.340. The fourth-order valence-corrected chi connectivity index (χ4v) is 1.57. The molecule has 0 spiro atoms. The van der Waals surface area contributed by atoms with E-state index in [4.69, 9.17) is 0 Å². The van der Waals surface area contributed by atoms with E-state index in [0.29, 0.717) is 13.0 Å². The van der Waals surface area contributed by atoms with Crippen molar-refractivity contribution in [3.05, 3.63) is 12.7 Å². The Morgan fingerprint density at radius 1 is 1.56 bits per heavy atom. The quantitative estimate of drug-likeness (QED) is 0.645. The second-order valence-electron chi connectivity index (χ2n) is 4.32. The van der Waals surface area contributed by atoms with Gasteiger partial charge in [-0.1, -0.05) is 13.3 Å². The molecule has 2 atom stereocenters.